The summed E-state index contributed by atoms with van der Waals surface area (Å²) in [5.74, 6) is 0. The second-order valence-corrected chi connectivity index (χ2v) is 5.23. The molecule has 0 aromatic rings. The molecular weight excluding hydrogens is 186 g/mol. The zero-order valence-electron chi connectivity index (χ0n) is 10.5. The van der Waals surface area contributed by atoms with Crippen molar-refractivity contribution in [3.8, 4) is 0 Å². The van der Waals surface area contributed by atoms with Crippen LogP contribution in [0.4, 0.5) is 0 Å². The largest absolute Gasteiger partial charge is 0.389 e. The van der Waals surface area contributed by atoms with Gasteiger partial charge in [-0.25, -0.2) is 0 Å². The van der Waals surface area contributed by atoms with E-state index in [1.165, 1.54) is 38.5 Å². The number of unbranched alkanes of at least 4 members (excludes halogenated alkanes) is 2. The molecule has 15 heavy (non-hydrogen) atoms. The van der Waals surface area contributed by atoms with Gasteiger partial charge in [-0.1, -0.05) is 39.0 Å². The first-order valence-corrected chi connectivity index (χ1v) is 6.57. The average Bonchev–Trinajstić information content (AvgIpc) is 2.18. The summed E-state index contributed by atoms with van der Waals surface area (Å²) in [7, 11) is 2.14. The van der Waals surface area contributed by atoms with Gasteiger partial charge < -0.3 is 10.0 Å². The molecule has 0 spiro atoms. The van der Waals surface area contributed by atoms with Crippen LogP contribution in [0.1, 0.15) is 58.3 Å². The van der Waals surface area contributed by atoms with Gasteiger partial charge in [-0.15, -0.1) is 0 Å². The Labute approximate surface area is 94.7 Å². The van der Waals surface area contributed by atoms with Crippen molar-refractivity contribution < 1.29 is 5.11 Å². The minimum absolute atomic E-state index is 0.376. The van der Waals surface area contributed by atoms with Crippen LogP contribution in [0, 0.1) is 0 Å². The van der Waals surface area contributed by atoms with Gasteiger partial charge in [-0.2, -0.15) is 0 Å². The van der Waals surface area contributed by atoms with Crippen LogP contribution in [0.25, 0.3) is 0 Å². The highest BCUT2D eigenvalue weighted by Crippen LogP contribution is 2.28. The third kappa shape index (κ3) is 4.98. The quantitative estimate of drug-likeness (QED) is 0.686. The van der Waals surface area contributed by atoms with Crippen molar-refractivity contribution in [1.82, 2.24) is 4.90 Å². The number of hydrogen-bond donors (Lipinski definition) is 1. The predicted molar refractivity (Wildman–Crippen MR) is 65.1 cm³/mol. The molecule has 0 aromatic heterocycles. The lowest BCUT2D eigenvalue weighted by Crippen LogP contribution is -2.43. The molecule has 1 N–H and O–H groups in total. The van der Waals surface area contributed by atoms with Gasteiger partial charge in [0.2, 0.25) is 0 Å². The molecule has 2 nitrogen and oxygen atoms in total. The normalized spacial score (nSPS) is 20.8. The van der Waals surface area contributed by atoms with Crippen LogP contribution >= 0.6 is 0 Å². The first kappa shape index (κ1) is 13.0. The Morgan fingerprint density at radius 1 is 1.13 bits per heavy atom. The molecule has 0 heterocycles. The Kier molecular flexibility index (Phi) is 5.62. The minimum Gasteiger partial charge on any atom is -0.389 e. The van der Waals surface area contributed by atoms with Gasteiger partial charge in [0, 0.05) is 6.54 Å². The van der Waals surface area contributed by atoms with Crippen LogP contribution in [0.15, 0.2) is 0 Å². The maximum absolute atomic E-state index is 10.4. The second kappa shape index (κ2) is 6.49. The number of likely N-dealkylation sites (N-methyl/N-ethyl adjacent to an activating group) is 1. The number of rotatable bonds is 6. The molecule has 1 rings (SSSR count). The first-order chi connectivity index (χ1) is 7.16. The van der Waals surface area contributed by atoms with Crippen molar-refractivity contribution in [2.24, 2.45) is 0 Å². The van der Waals surface area contributed by atoms with Gasteiger partial charge in [0.1, 0.15) is 0 Å². The van der Waals surface area contributed by atoms with E-state index in [0.29, 0.717) is 0 Å². The Hall–Kier alpha value is -0.0800. The summed E-state index contributed by atoms with van der Waals surface area (Å²) in [6.07, 6.45) is 9.58. The van der Waals surface area contributed by atoms with Gasteiger partial charge >= 0.3 is 0 Å². The van der Waals surface area contributed by atoms with Crippen molar-refractivity contribution in [1.29, 1.82) is 0 Å². The smallest absolute Gasteiger partial charge is 0.0774 e. The Morgan fingerprint density at radius 3 is 2.40 bits per heavy atom. The van der Waals surface area contributed by atoms with Crippen molar-refractivity contribution >= 4 is 0 Å². The predicted octanol–water partition coefficient (Wildman–Crippen LogP) is 2.80. The third-order valence-corrected chi connectivity index (χ3v) is 3.49. The van der Waals surface area contributed by atoms with E-state index in [2.05, 4.69) is 18.9 Å². The fourth-order valence-electron chi connectivity index (χ4n) is 2.58. The fourth-order valence-corrected chi connectivity index (χ4v) is 2.58. The minimum atomic E-state index is -0.376. The summed E-state index contributed by atoms with van der Waals surface area (Å²) in [5, 5.41) is 10.4. The first-order valence-electron chi connectivity index (χ1n) is 6.57. The van der Waals surface area contributed by atoms with Crippen LogP contribution in [-0.2, 0) is 0 Å². The molecular formula is C13H27NO. The highest BCUT2D eigenvalue weighted by Gasteiger charge is 2.29. The highest BCUT2D eigenvalue weighted by atomic mass is 16.3. The van der Waals surface area contributed by atoms with Gasteiger partial charge in [0.05, 0.1) is 5.60 Å². The molecule has 1 saturated carbocycles. The summed E-state index contributed by atoms with van der Waals surface area (Å²) in [4.78, 5) is 2.31. The van der Waals surface area contributed by atoms with Crippen LogP contribution < -0.4 is 0 Å². The molecule has 0 aliphatic heterocycles. The monoisotopic (exact) mass is 213 g/mol. The zero-order valence-corrected chi connectivity index (χ0v) is 10.5. The van der Waals surface area contributed by atoms with E-state index < -0.39 is 0 Å². The molecule has 1 aliphatic carbocycles. The number of aliphatic hydroxyl groups is 1. The van der Waals surface area contributed by atoms with Crippen LogP contribution in [0.5, 0.6) is 0 Å². The van der Waals surface area contributed by atoms with E-state index in [1.807, 2.05) is 0 Å². The second-order valence-electron chi connectivity index (χ2n) is 5.23. The summed E-state index contributed by atoms with van der Waals surface area (Å²) in [5.41, 5.74) is -0.376. The van der Waals surface area contributed by atoms with Gasteiger partial charge in [0.15, 0.2) is 0 Å². The molecule has 0 amide bonds. The molecule has 1 fully saturated rings. The van der Waals surface area contributed by atoms with E-state index in [-0.39, 0.29) is 5.60 Å². The van der Waals surface area contributed by atoms with Gasteiger partial charge in [0.25, 0.3) is 0 Å². The van der Waals surface area contributed by atoms with Crippen molar-refractivity contribution in [3.63, 3.8) is 0 Å². The molecule has 0 aromatic carbocycles. The van der Waals surface area contributed by atoms with Gasteiger partial charge in [-0.05, 0) is 32.9 Å². The lowest BCUT2D eigenvalue weighted by molar-refractivity contribution is -0.0210. The molecule has 2 heteroatoms. The summed E-state index contributed by atoms with van der Waals surface area (Å²) < 4.78 is 0. The maximum atomic E-state index is 10.4. The van der Waals surface area contributed by atoms with Crippen LogP contribution in [0.2, 0.25) is 0 Å². The molecule has 1 aliphatic rings. The number of nitrogens with zero attached hydrogens (tertiary/aromatic N) is 1. The lowest BCUT2D eigenvalue weighted by Gasteiger charge is -2.35. The molecule has 0 bridgehead atoms. The molecule has 0 atom stereocenters. The van der Waals surface area contributed by atoms with Crippen molar-refractivity contribution in [2.75, 3.05) is 20.1 Å². The standard InChI is InChI=1S/C13H27NO/c1-3-4-8-11-14(2)12-13(15)9-6-5-7-10-13/h15H,3-12H2,1-2H3. The average molecular weight is 213 g/mol. The molecule has 90 valence electrons. The number of hydrogen-bond acceptors (Lipinski definition) is 2. The van der Waals surface area contributed by atoms with Crippen molar-refractivity contribution in [2.45, 2.75) is 63.9 Å². The van der Waals surface area contributed by atoms with Gasteiger partial charge in [-0.3, -0.25) is 0 Å². The Morgan fingerprint density at radius 2 is 1.80 bits per heavy atom. The molecule has 0 saturated heterocycles. The maximum Gasteiger partial charge on any atom is 0.0774 e. The summed E-state index contributed by atoms with van der Waals surface area (Å²) >= 11 is 0. The summed E-state index contributed by atoms with van der Waals surface area (Å²) in [6.45, 7) is 4.24. The van der Waals surface area contributed by atoms with E-state index in [4.69, 9.17) is 0 Å². The van der Waals surface area contributed by atoms with E-state index in [1.54, 1.807) is 0 Å². The van der Waals surface area contributed by atoms with E-state index in [9.17, 15) is 5.11 Å². The van der Waals surface area contributed by atoms with E-state index in [0.717, 1.165) is 25.9 Å². The van der Waals surface area contributed by atoms with E-state index >= 15 is 0 Å². The zero-order chi connectivity index (χ0) is 11.1. The van der Waals surface area contributed by atoms with Crippen molar-refractivity contribution in [3.05, 3.63) is 0 Å². The molecule has 0 unspecified atom stereocenters. The SMILES string of the molecule is CCCCCN(C)CC1(O)CCCCC1. The highest BCUT2D eigenvalue weighted by molar-refractivity contribution is 4.84. The lowest BCUT2D eigenvalue weighted by atomic mass is 9.84. The Balaban J connectivity index is 2.20. The van der Waals surface area contributed by atoms with Crippen LogP contribution in [-0.4, -0.2) is 35.7 Å². The fraction of sp³-hybridized carbons (Fsp3) is 1.00. The Bertz CT molecular complexity index is 164. The topological polar surface area (TPSA) is 23.5 Å². The molecule has 0 radical (unpaired) electrons. The third-order valence-electron chi connectivity index (χ3n) is 3.49. The summed E-state index contributed by atoms with van der Waals surface area (Å²) in [6, 6.07) is 0. The van der Waals surface area contributed by atoms with Crippen LogP contribution in [0.3, 0.4) is 0 Å².